The van der Waals surface area contributed by atoms with E-state index in [0.717, 1.165) is 10.5 Å². The Labute approximate surface area is 114 Å². The van der Waals surface area contributed by atoms with Crippen LogP contribution in [0.3, 0.4) is 0 Å². The van der Waals surface area contributed by atoms with E-state index < -0.39 is 30.0 Å². The van der Waals surface area contributed by atoms with Crippen molar-refractivity contribution in [2.75, 3.05) is 4.90 Å². The number of nitrogens with zero attached hydrogens (tertiary/aromatic N) is 1. The molecule has 2 unspecified atom stereocenters. The van der Waals surface area contributed by atoms with Crippen LogP contribution >= 0.6 is 0 Å². The average molecular weight is 275 g/mol. The summed E-state index contributed by atoms with van der Waals surface area (Å²) in [7, 11) is 0. The van der Waals surface area contributed by atoms with E-state index >= 15 is 0 Å². The van der Waals surface area contributed by atoms with Gasteiger partial charge in [0.2, 0.25) is 0 Å². The van der Waals surface area contributed by atoms with Crippen molar-refractivity contribution in [3.8, 4) is 0 Å². The molecule has 2 amide bonds. The van der Waals surface area contributed by atoms with Gasteiger partial charge in [0.1, 0.15) is 12.2 Å². The molecule has 3 rings (SSSR count). The van der Waals surface area contributed by atoms with Gasteiger partial charge in [-0.2, -0.15) is 0 Å². The normalized spacial score (nSPS) is 25.1. The third kappa shape index (κ3) is 1.80. The minimum absolute atomic E-state index is 0.0481. The van der Waals surface area contributed by atoms with Gasteiger partial charge in [-0.05, 0) is 31.9 Å². The van der Waals surface area contributed by atoms with Crippen LogP contribution in [-0.2, 0) is 14.3 Å². The van der Waals surface area contributed by atoms with Gasteiger partial charge in [-0.3, -0.25) is 9.59 Å². The summed E-state index contributed by atoms with van der Waals surface area (Å²) in [4.78, 5) is 36.8. The molecule has 2 bridgehead atoms. The van der Waals surface area contributed by atoms with E-state index in [4.69, 9.17) is 4.74 Å². The van der Waals surface area contributed by atoms with Crippen LogP contribution in [0, 0.1) is 6.92 Å². The first kappa shape index (κ1) is 12.8. The molecule has 1 N–H and O–H groups in total. The van der Waals surface area contributed by atoms with Crippen molar-refractivity contribution in [1.82, 2.24) is 0 Å². The van der Waals surface area contributed by atoms with Gasteiger partial charge in [0.05, 0.1) is 11.3 Å². The van der Waals surface area contributed by atoms with Crippen LogP contribution in [0.15, 0.2) is 18.2 Å². The number of carboxylic acids is 1. The minimum atomic E-state index is -1.16. The summed E-state index contributed by atoms with van der Waals surface area (Å²) in [6.07, 6.45) is -0.277. The van der Waals surface area contributed by atoms with E-state index in [1.54, 1.807) is 13.0 Å². The molecule has 0 aromatic heterocycles. The highest BCUT2D eigenvalue weighted by molar-refractivity contribution is 6.21. The largest absolute Gasteiger partial charge is 0.478 e. The van der Waals surface area contributed by atoms with E-state index in [1.165, 1.54) is 12.1 Å². The maximum atomic E-state index is 12.2. The van der Waals surface area contributed by atoms with Crippen LogP contribution in [0.25, 0.3) is 0 Å². The Morgan fingerprint density at radius 2 is 1.85 bits per heavy atom. The summed E-state index contributed by atoms with van der Waals surface area (Å²) < 4.78 is 5.31. The first-order chi connectivity index (χ1) is 9.49. The zero-order chi connectivity index (χ0) is 14.4. The third-order valence-electron chi connectivity index (χ3n) is 3.63. The molecule has 2 aliphatic rings. The SMILES string of the molecule is Cc1ccc(N2C(=O)C3CCC(O3)C2=O)c(C(=O)O)c1. The zero-order valence-corrected chi connectivity index (χ0v) is 10.8. The quantitative estimate of drug-likeness (QED) is 0.817. The second-order valence-corrected chi connectivity index (χ2v) is 5.03. The number of ether oxygens (including phenoxy) is 1. The van der Waals surface area contributed by atoms with Gasteiger partial charge in [0, 0.05) is 0 Å². The Morgan fingerprint density at radius 1 is 1.25 bits per heavy atom. The fraction of sp³-hybridized carbons (Fsp3) is 0.357. The number of amides is 2. The first-order valence-corrected chi connectivity index (χ1v) is 6.36. The van der Waals surface area contributed by atoms with Crippen molar-refractivity contribution in [3.63, 3.8) is 0 Å². The molecule has 2 saturated heterocycles. The average Bonchev–Trinajstić information content (AvgIpc) is 2.85. The van der Waals surface area contributed by atoms with Crippen molar-refractivity contribution in [3.05, 3.63) is 29.3 Å². The molecule has 1 aromatic carbocycles. The van der Waals surface area contributed by atoms with Gasteiger partial charge in [-0.15, -0.1) is 0 Å². The van der Waals surface area contributed by atoms with Crippen LogP contribution < -0.4 is 4.90 Å². The number of rotatable bonds is 2. The number of hydrogen-bond acceptors (Lipinski definition) is 4. The Hall–Kier alpha value is -2.21. The van der Waals surface area contributed by atoms with Gasteiger partial charge < -0.3 is 9.84 Å². The molecule has 6 heteroatoms. The predicted molar refractivity (Wildman–Crippen MR) is 68.5 cm³/mol. The van der Waals surface area contributed by atoms with E-state index in [2.05, 4.69) is 0 Å². The highest BCUT2D eigenvalue weighted by Crippen LogP contribution is 2.33. The summed E-state index contributed by atoms with van der Waals surface area (Å²) in [5.74, 6) is -2.12. The van der Waals surface area contributed by atoms with Gasteiger partial charge in [-0.25, -0.2) is 9.69 Å². The van der Waals surface area contributed by atoms with Crippen molar-refractivity contribution < 1.29 is 24.2 Å². The standard InChI is InChI=1S/C14H13NO5/c1-7-2-3-9(8(6-7)14(18)19)15-12(16)10-4-5-11(20-10)13(15)17/h2-3,6,10-11H,4-5H2,1H3,(H,18,19). The third-order valence-corrected chi connectivity index (χ3v) is 3.63. The lowest BCUT2D eigenvalue weighted by Gasteiger charge is -2.30. The number of carboxylic acid groups (broad SMARTS) is 1. The molecule has 0 saturated carbocycles. The molecule has 2 fully saturated rings. The number of carbonyl (C=O) groups excluding carboxylic acids is 2. The first-order valence-electron chi connectivity index (χ1n) is 6.36. The van der Waals surface area contributed by atoms with E-state index in [9.17, 15) is 19.5 Å². The lowest BCUT2D eigenvalue weighted by atomic mass is 10.1. The number of anilines is 1. The highest BCUT2D eigenvalue weighted by Gasteiger charge is 2.47. The minimum Gasteiger partial charge on any atom is -0.478 e. The number of aromatic carboxylic acids is 1. The number of morpholine rings is 1. The number of fused-ring (bicyclic) bond motifs is 2. The van der Waals surface area contributed by atoms with Gasteiger partial charge in [0.15, 0.2) is 0 Å². The molecule has 20 heavy (non-hydrogen) atoms. The van der Waals surface area contributed by atoms with Crippen LogP contribution in [0.2, 0.25) is 0 Å². The number of hydrogen-bond donors (Lipinski definition) is 1. The second kappa shape index (κ2) is 4.42. The summed E-state index contributed by atoms with van der Waals surface area (Å²) in [5, 5.41) is 9.26. The maximum absolute atomic E-state index is 12.2. The Bertz CT molecular complexity index is 602. The molecule has 2 aliphatic heterocycles. The Kier molecular flexibility index (Phi) is 2.83. The monoisotopic (exact) mass is 275 g/mol. The molecule has 0 aliphatic carbocycles. The smallest absolute Gasteiger partial charge is 0.337 e. The van der Waals surface area contributed by atoms with Gasteiger partial charge >= 0.3 is 5.97 Å². The molecule has 2 heterocycles. The summed E-state index contributed by atoms with van der Waals surface area (Å²) >= 11 is 0. The number of carbonyl (C=O) groups is 3. The van der Waals surface area contributed by atoms with Gasteiger partial charge in [0.25, 0.3) is 11.8 Å². The lowest BCUT2D eigenvalue weighted by Crippen LogP contribution is -2.52. The molecule has 0 radical (unpaired) electrons. The van der Waals surface area contributed by atoms with E-state index in [1.807, 2.05) is 0 Å². The fourth-order valence-electron chi connectivity index (χ4n) is 2.65. The van der Waals surface area contributed by atoms with Crippen molar-refractivity contribution in [2.24, 2.45) is 0 Å². The highest BCUT2D eigenvalue weighted by atomic mass is 16.5. The van der Waals surface area contributed by atoms with E-state index in [0.29, 0.717) is 12.8 Å². The lowest BCUT2D eigenvalue weighted by molar-refractivity contribution is -0.146. The zero-order valence-electron chi connectivity index (χ0n) is 10.8. The van der Waals surface area contributed by atoms with E-state index in [-0.39, 0.29) is 11.3 Å². The number of imide groups is 1. The number of aryl methyl sites for hydroxylation is 1. The van der Waals surface area contributed by atoms with Crippen LogP contribution in [0.5, 0.6) is 0 Å². The molecular formula is C14H13NO5. The molecule has 1 aromatic rings. The molecule has 104 valence electrons. The van der Waals surface area contributed by atoms with Crippen molar-refractivity contribution >= 4 is 23.5 Å². The van der Waals surface area contributed by atoms with Crippen molar-refractivity contribution in [1.29, 1.82) is 0 Å². The molecule has 2 atom stereocenters. The van der Waals surface area contributed by atoms with Gasteiger partial charge in [-0.1, -0.05) is 11.6 Å². The summed E-state index contributed by atoms with van der Waals surface area (Å²) in [6, 6.07) is 4.63. The van der Waals surface area contributed by atoms with Crippen LogP contribution in [-0.4, -0.2) is 35.1 Å². The number of benzene rings is 1. The molecule has 0 spiro atoms. The summed E-state index contributed by atoms with van der Waals surface area (Å²) in [5.41, 5.74) is 0.827. The fourth-order valence-corrected chi connectivity index (χ4v) is 2.65. The Balaban J connectivity index is 2.10. The van der Waals surface area contributed by atoms with Crippen LogP contribution in [0.1, 0.15) is 28.8 Å². The van der Waals surface area contributed by atoms with Crippen molar-refractivity contribution in [2.45, 2.75) is 32.0 Å². The maximum Gasteiger partial charge on any atom is 0.337 e. The van der Waals surface area contributed by atoms with Crippen LogP contribution in [0.4, 0.5) is 5.69 Å². The molecular weight excluding hydrogens is 262 g/mol. The topological polar surface area (TPSA) is 83.9 Å². The molecule has 6 nitrogen and oxygen atoms in total. The predicted octanol–water partition coefficient (Wildman–Crippen LogP) is 1.11. The Morgan fingerprint density at radius 3 is 2.40 bits per heavy atom. The second-order valence-electron chi connectivity index (χ2n) is 5.03. The summed E-state index contributed by atoms with van der Waals surface area (Å²) in [6.45, 7) is 1.75.